The summed E-state index contributed by atoms with van der Waals surface area (Å²) in [6, 6.07) is 10.9. The molecule has 0 saturated carbocycles. The van der Waals surface area contributed by atoms with Crippen molar-refractivity contribution in [1.82, 2.24) is 9.88 Å². The predicted octanol–water partition coefficient (Wildman–Crippen LogP) is 3.78. The molecule has 0 bridgehead atoms. The fraction of sp³-hybridized carbons (Fsp3) is 0.318. The number of hydrogen-bond donors (Lipinski definition) is 0. The number of aromatic nitrogens is 1. The highest BCUT2D eigenvalue weighted by Gasteiger charge is 2.24. The fourth-order valence-electron chi connectivity index (χ4n) is 3.53. The number of amides is 1. The number of rotatable bonds is 4. The van der Waals surface area contributed by atoms with Crippen LogP contribution >= 0.6 is 11.3 Å². The molecular weight excluding hydrogens is 386 g/mol. The molecule has 0 radical (unpaired) electrons. The van der Waals surface area contributed by atoms with Gasteiger partial charge in [0.05, 0.1) is 11.8 Å². The molecular formula is C22H23N3O3S. The first-order chi connectivity index (χ1) is 14.0. The molecule has 0 N–H and O–H groups in total. The van der Waals surface area contributed by atoms with Crippen LogP contribution in [0, 0.1) is 6.92 Å². The monoisotopic (exact) mass is 409 g/mol. The highest BCUT2D eigenvalue weighted by Crippen LogP contribution is 2.36. The first-order valence-corrected chi connectivity index (χ1v) is 10.4. The molecule has 7 heteroatoms. The second-order valence-corrected chi connectivity index (χ2v) is 8.15. The van der Waals surface area contributed by atoms with Crippen molar-refractivity contribution < 1.29 is 14.3 Å². The summed E-state index contributed by atoms with van der Waals surface area (Å²) < 4.78 is 6.60. The average molecular weight is 410 g/mol. The van der Waals surface area contributed by atoms with Crippen molar-refractivity contribution >= 4 is 38.4 Å². The summed E-state index contributed by atoms with van der Waals surface area (Å²) in [7, 11) is 1.66. The van der Waals surface area contributed by atoms with Gasteiger partial charge in [-0.25, -0.2) is 4.98 Å². The van der Waals surface area contributed by atoms with Crippen LogP contribution in [-0.4, -0.2) is 54.9 Å². The lowest BCUT2D eigenvalue weighted by atomic mass is 10.1. The number of ether oxygens (including phenoxy) is 1. The first kappa shape index (κ1) is 19.4. The van der Waals surface area contributed by atoms with Crippen molar-refractivity contribution in [2.24, 2.45) is 0 Å². The van der Waals surface area contributed by atoms with E-state index in [0.29, 0.717) is 24.2 Å². The molecule has 1 saturated heterocycles. The molecule has 0 aliphatic carbocycles. The molecule has 2 aromatic carbocycles. The summed E-state index contributed by atoms with van der Waals surface area (Å²) in [5, 5.41) is 0.963. The molecule has 0 unspecified atom stereocenters. The third-order valence-electron chi connectivity index (χ3n) is 5.29. The zero-order valence-corrected chi connectivity index (χ0v) is 17.6. The molecule has 150 valence electrons. The van der Waals surface area contributed by atoms with Crippen molar-refractivity contribution in [3.8, 4) is 5.75 Å². The van der Waals surface area contributed by atoms with Gasteiger partial charge in [0.2, 0.25) is 0 Å². The first-order valence-electron chi connectivity index (χ1n) is 9.57. The van der Waals surface area contributed by atoms with Gasteiger partial charge in [0.25, 0.3) is 5.91 Å². The van der Waals surface area contributed by atoms with E-state index in [9.17, 15) is 9.59 Å². The molecule has 3 aromatic rings. The molecule has 0 atom stereocenters. The van der Waals surface area contributed by atoms with E-state index >= 15 is 0 Å². The van der Waals surface area contributed by atoms with Crippen molar-refractivity contribution in [1.29, 1.82) is 0 Å². The molecule has 1 aliphatic heterocycles. The van der Waals surface area contributed by atoms with Crippen molar-refractivity contribution in [2.45, 2.75) is 13.8 Å². The van der Waals surface area contributed by atoms with Crippen LogP contribution in [0.3, 0.4) is 0 Å². The van der Waals surface area contributed by atoms with Gasteiger partial charge in [-0.2, -0.15) is 0 Å². The second-order valence-electron chi connectivity index (χ2n) is 7.17. The molecule has 29 heavy (non-hydrogen) atoms. The van der Waals surface area contributed by atoms with Gasteiger partial charge in [-0.15, -0.1) is 0 Å². The Labute approximate surface area is 173 Å². The molecule has 1 fully saturated rings. The summed E-state index contributed by atoms with van der Waals surface area (Å²) in [6.07, 6.45) is 0. The van der Waals surface area contributed by atoms with Crippen molar-refractivity contribution in [3.05, 3.63) is 53.1 Å². The summed E-state index contributed by atoms with van der Waals surface area (Å²) >= 11 is 1.67. The van der Waals surface area contributed by atoms with Gasteiger partial charge in [0.15, 0.2) is 10.9 Å². The van der Waals surface area contributed by atoms with E-state index in [1.807, 2.05) is 11.0 Å². The van der Waals surface area contributed by atoms with Crippen LogP contribution in [0.1, 0.15) is 33.2 Å². The van der Waals surface area contributed by atoms with E-state index in [2.05, 4.69) is 17.9 Å². The van der Waals surface area contributed by atoms with Gasteiger partial charge in [-0.3, -0.25) is 9.59 Å². The van der Waals surface area contributed by atoms with E-state index in [1.165, 1.54) is 12.5 Å². The lowest BCUT2D eigenvalue weighted by Gasteiger charge is -2.34. The lowest BCUT2D eigenvalue weighted by Crippen LogP contribution is -2.48. The zero-order chi connectivity index (χ0) is 20.5. The molecule has 1 aromatic heterocycles. The van der Waals surface area contributed by atoms with Crippen LogP contribution < -0.4 is 9.64 Å². The average Bonchev–Trinajstić information content (AvgIpc) is 3.20. The molecule has 1 amide bonds. The topological polar surface area (TPSA) is 62.7 Å². The highest BCUT2D eigenvalue weighted by atomic mass is 32.1. The number of aryl methyl sites for hydroxylation is 1. The second kappa shape index (κ2) is 7.83. The number of Topliss-reactive ketones (excluding diaryl/α,β-unsaturated/α-hetero) is 1. The van der Waals surface area contributed by atoms with Crippen LogP contribution in [0.5, 0.6) is 5.75 Å². The Hall–Kier alpha value is -2.93. The number of hydrogen-bond acceptors (Lipinski definition) is 6. The van der Waals surface area contributed by atoms with E-state index in [0.717, 1.165) is 34.2 Å². The van der Waals surface area contributed by atoms with Crippen LogP contribution in [0.25, 0.3) is 10.2 Å². The number of fused-ring (bicyclic) bond motifs is 1. The number of carbonyl (C=O) groups is 2. The Morgan fingerprint density at radius 1 is 1.00 bits per heavy atom. The Morgan fingerprint density at radius 2 is 1.66 bits per heavy atom. The number of nitrogens with zero attached hydrogens (tertiary/aromatic N) is 3. The summed E-state index contributed by atoms with van der Waals surface area (Å²) in [6.45, 7) is 6.35. The maximum absolute atomic E-state index is 12.8. The Kier molecular flexibility index (Phi) is 5.24. The van der Waals surface area contributed by atoms with Crippen molar-refractivity contribution in [3.63, 3.8) is 0 Å². The van der Waals surface area contributed by atoms with Crippen LogP contribution in [-0.2, 0) is 0 Å². The number of ketones is 1. The van der Waals surface area contributed by atoms with Gasteiger partial charge in [-0.1, -0.05) is 29.5 Å². The number of thiazole rings is 1. The minimum atomic E-state index is 0.000292. The molecule has 2 heterocycles. The molecule has 0 spiro atoms. The van der Waals surface area contributed by atoms with Gasteiger partial charge < -0.3 is 14.5 Å². The summed E-state index contributed by atoms with van der Waals surface area (Å²) in [5.74, 6) is 0.790. The van der Waals surface area contributed by atoms with E-state index in [-0.39, 0.29) is 11.7 Å². The molecule has 4 rings (SSSR count). The fourth-order valence-corrected chi connectivity index (χ4v) is 4.63. The SMILES string of the molecule is COc1ccc(C)c2sc(N3CCN(C(=O)c4ccc(C(C)=O)cc4)CC3)nc12. The molecule has 6 nitrogen and oxygen atoms in total. The van der Waals surface area contributed by atoms with Crippen LogP contribution in [0.2, 0.25) is 0 Å². The van der Waals surface area contributed by atoms with Gasteiger partial charge in [-0.05, 0) is 37.6 Å². The van der Waals surface area contributed by atoms with E-state index in [4.69, 9.17) is 9.72 Å². The van der Waals surface area contributed by atoms with Crippen LogP contribution in [0.4, 0.5) is 5.13 Å². The maximum atomic E-state index is 12.8. The zero-order valence-electron chi connectivity index (χ0n) is 16.8. The van der Waals surface area contributed by atoms with Crippen LogP contribution in [0.15, 0.2) is 36.4 Å². The number of methoxy groups -OCH3 is 1. The minimum Gasteiger partial charge on any atom is -0.494 e. The third-order valence-corrected chi connectivity index (χ3v) is 6.54. The Morgan fingerprint density at radius 3 is 2.28 bits per heavy atom. The summed E-state index contributed by atoms with van der Waals surface area (Å²) in [5.41, 5.74) is 3.32. The number of piperazine rings is 1. The van der Waals surface area contributed by atoms with Gasteiger partial charge >= 0.3 is 0 Å². The smallest absolute Gasteiger partial charge is 0.253 e. The predicted molar refractivity (Wildman–Crippen MR) is 115 cm³/mol. The summed E-state index contributed by atoms with van der Waals surface area (Å²) in [4.78, 5) is 33.1. The maximum Gasteiger partial charge on any atom is 0.253 e. The Balaban J connectivity index is 1.46. The third kappa shape index (κ3) is 3.70. The molecule has 1 aliphatic rings. The standard InChI is InChI=1S/C22H23N3O3S/c1-14-4-9-18(28-3)19-20(14)29-22(23-19)25-12-10-24(11-13-25)21(27)17-7-5-16(6-8-17)15(2)26/h4-9H,10-13H2,1-3H3. The number of benzene rings is 2. The quantitative estimate of drug-likeness (QED) is 0.614. The van der Waals surface area contributed by atoms with Gasteiger partial charge in [0, 0.05) is 37.3 Å². The normalized spacial score (nSPS) is 14.3. The van der Waals surface area contributed by atoms with Gasteiger partial charge in [0.1, 0.15) is 11.3 Å². The lowest BCUT2D eigenvalue weighted by molar-refractivity contribution is 0.0746. The minimum absolute atomic E-state index is 0.000292. The van der Waals surface area contributed by atoms with Crippen molar-refractivity contribution in [2.75, 3.05) is 38.2 Å². The number of carbonyl (C=O) groups excluding carboxylic acids is 2. The van der Waals surface area contributed by atoms with E-state index < -0.39 is 0 Å². The Bertz CT molecular complexity index is 1070. The largest absolute Gasteiger partial charge is 0.494 e. The number of anilines is 1. The highest BCUT2D eigenvalue weighted by molar-refractivity contribution is 7.22. The van der Waals surface area contributed by atoms with E-state index in [1.54, 1.807) is 42.7 Å².